The van der Waals surface area contributed by atoms with Crippen LogP contribution >= 0.6 is 0 Å². The van der Waals surface area contributed by atoms with Crippen LogP contribution in [-0.4, -0.2) is 45.0 Å². The van der Waals surface area contributed by atoms with Crippen molar-refractivity contribution < 1.29 is 9.32 Å². The summed E-state index contributed by atoms with van der Waals surface area (Å²) in [5.74, 6) is 0.759. The van der Waals surface area contributed by atoms with Crippen molar-refractivity contribution in [2.45, 2.75) is 33.2 Å². The Labute approximate surface area is 175 Å². The monoisotopic (exact) mass is 399 g/mol. The number of hydrogen-bond acceptors (Lipinski definition) is 5. The summed E-state index contributed by atoms with van der Waals surface area (Å²) in [6.45, 7) is 6.62. The Morgan fingerprint density at radius 1 is 1.27 bits per heavy atom. The fraction of sp³-hybridized carbons (Fsp3) is 0.273. The van der Waals surface area contributed by atoms with Crippen LogP contribution in [0, 0.1) is 13.8 Å². The molecular weight excluding hydrogens is 377 g/mol. The Hall–Kier alpha value is -3.42. The third kappa shape index (κ3) is 2.91. The standard InChI is InChI=1S/C22H22BN5O2/c1-12-21(14(3)30-26-12)16-4-5-18-13(2)27(7-6-15(18)8-16)22(29)19-9-20-24-10-17(23)11-28(20)25-19/h4-5,8-11,13H,6-7,23H2,1-3H3. The molecule has 5 rings (SSSR count). The first kappa shape index (κ1) is 18.6. The van der Waals surface area contributed by atoms with Crippen LogP contribution in [-0.2, 0) is 6.42 Å². The van der Waals surface area contributed by atoms with Gasteiger partial charge in [-0.1, -0.05) is 28.8 Å². The van der Waals surface area contributed by atoms with E-state index in [1.54, 1.807) is 16.8 Å². The number of aromatic nitrogens is 4. The zero-order chi connectivity index (χ0) is 21.0. The summed E-state index contributed by atoms with van der Waals surface area (Å²) in [6.07, 6.45) is 4.46. The van der Waals surface area contributed by atoms with E-state index in [0.717, 1.165) is 34.5 Å². The molecule has 1 aliphatic heterocycles. The molecule has 8 heteroatoms. The summed E-state index contributed by atoms with van der Waals surface area (Å²) in [4.78, 5) is 19.5. The van der Waals surface area contributed by atoms with Gasteiger partial charge in [0.25, 0.3) is 5.91 Å². The number of benzene rings is 1. The summed E-state index contributed by atoms with van der Waals surface area (Å²) in [5.41, 5.74) is 7.59. The Morgan fingerprint density at radius 2 is 2.10 bits per heavy atom. The van der Waals surface area contributed by atoms with Gasteiger partial charge in [-0.15, -0.1) is 0 Å². The van der Waals surface area contributed by atoms with Crippen LogP contribution in [0.15, 0.2) is 41.2 Å². The first-order valence-electron chi connectivity index (χ1n) is 10.1. The van der Waals surface area contributed by atoms with Gasteiger partial charge in [-0.2, -0.15) is 5.10 Å². The second kappa shape index (κ2) is 6.83. The smallest absolute Gasteiger partial charge is 0.274 e. The van der Waals surface area contributed by atoms with Crippen molar-refractivity contribution in [1.29, 1.82) is 0 Å². The van der Waals surface area contributed by atoms with Crippen molar-refractivity contribution in [3.05, 3.63) is 64.9 Å². The fourth-order valence-corrected chi connectivity index (χ4v) is 4.38. The van der Waals surface area contributed by atoms with E-state index in [-0.39, 0.29) is 11.9 Å². The highest BCUT2D eigenvalue weighted by Gasteiger charge is 2.30. The molecule has 4 aromatic rings. The SMILES string of the molecule is Bc1cnc2cc(C(=O)N3CCc4cc(-c5c(C)noc5C)ccc4C3C)nn2c1. The summed E-state index contributed by atoms with van der Waals surface area (Å²) in [5, 5.41) is 8.52. The van der Waals surface area contributed by atoms with Crippen molar-refractivity contribution in [2.24, 2.45) is 0 Å². The van der Waals surface area contributed by atoms with E-state index in [1.165, 1.54) is 11.1 Å². The number of fused-ring (bicyclic) bond motifs is 2. The van der Waals surface area contributed by atoms with Gasteiger partial charge < -0.3 is 9.42 Å². The van der Waals surface area contributed by atoms with Crippen molar-refractivity contribution >= 4 is 24.9 Å². The second-order valence-electron chi connectivity index (χ2n) is 8.00. The van der Waals surface area contributed by atoms with Crippen molar-refractivity contribution in [1.82, 2.24) is 24.7 Å². The topological polar surface area (TPSA) is 76.5 Å². The molecule has 1 unspecified atom stereocenters. The van der Waals surface area contributed by atoms with Crippen molar-refractivity contribution in [3.8, 4) is 11.1 Å². The lowest BCUT2D eigenvalue weighted by Crippen LogP contribution is -2.39. The molecule has 0 fully saturated rings. The molecule has 1 aromatic carbocycles. The molecular formula is C22H22BN5O2. The molecule has 150 valence electrons. The quantitative estimate of drug-likeness (QED) is 0.482. The third-order valence-corrected chi connectivity index (χ3v) is 5.93. The number of nitrogens with zero attached hydrogens (tertiary/aromatic N) is 5. The Bertz CT molecular complexity index is 1270. The Kier molecular flexibility index (Phi) is 4.23. The number of amides is 1. The van der Waals surface area contributed by atoms with Crippen molar-refractivity contribution in [2.75, 3.05) is 6.54 Å². The number of carbonyl (C=O) groups excluding carboxylic acids is 1. The van der Waals surface area contributed by atoms with Gasteiger partial charge in [-0.3, -0.25) is 4.79 Å². The van der Waals surface area contributed by atoms with E-state index >= 15 is 0 Å². The number of rotatable bonds is 2. The maximum Gasteiger partial charge on any atom is 0.274 e. The van der Waals surface area contributed by atoms with Crippen LogP contribution in [0.1, 0.15) is 46.0 Å². The minimum atomic E-state index is -0.0638. The van der Waals surface area contributed by atoms with Gasteiger partial charge in [0.2, 0.25) is 0 Å². The minimum absolute atomic E-state index is 0.0283. The minimum Gasteiger partial charge on any atom is -0.361 e. The van der Waals surface area contributed by atoms with Gasteiger partial charge in [0.05, 0.1) is 11.7 Å². The zero-order valence-electron chi connectivity index (χ0n) is 17.5. The van der Waals surface area contributed by atoms with Gasteiger partial charge in [-0.25, -0.2) is 9.50 Å². The van der Waals surface area contributed by atoms with Crippen LogP contribution in [0.5, 0.6) is 0 Å². The van der Waals surface area contributed by atoms with Gasteiger partial charge in [-0.05, 0) is 43.9 Å². The maximum atomic E-state index is 13.2. The summed E-state index contributed by atoms with van der Waals surface area (Å²) in [7, 11) is 1.95. The molecule has 1 amide bonds. The molecule has 0 bridgehead atoms. The number of aryl methyl sites for hydroxylation is 2. The van der Waals surface area contributed by atoms with Crippen LogP contribution in [0.2, 0.25) is 0 Å². The first-order chi connectivity index (χ1) is 14.4. The predicted octanol–water partition coefficient (Wildman–Crippen LogP) is 2.02. The van der Waals surface area contributed by atoms with Crippen LogP contribution in [0.25, 0.3) is 16.8 Å². The molecule has 0 radical (unpaired) electrons. The normalized spacial score (nSPS) is 16.1. The summed E-state index contributed by atoms with van der Waals surface area (Å²) in [6, 6.07) is 8.14. The lowest BCUT2D eigenvalue weighted by atomic mass is 9.90. The number of hydrogen-bond donors (Lipinski definition) is 0. The Balaban J connectivity index is 1.45. The molecule has 0 N–H and O–H groups in total. The third-order valence-electron chi connectivity index (χ3n) is 5.93. The van der Waals surface area contributed by atoms with E-state index in [4.69, 9.17) is 4.52 Å². The van der Waals surface area contributed by atoms with Gasteiger partial charge >= 0.3 is 0 Å². The van der Waals surface area contributed by atoms with Crippen LogP contribution in [0.4, 0.5) is 0 Å². The van der Waals surface area contributed by atoms with E-state index in [2.05, 4.69) is 40.4 Å². The average molecular weight is 399 g/mol. The molecule has 0 saturated heterocycles. The van der Waals surface area contributed by atoms with Gasteiger partial charge in [0.15, 0.2) is 11.3 Å². The molecule has 7 nitrogen and oxygen atoms in total. The highest BCUT2D eigenvalue weighted by Crippen LogP contribution is 2.35. The maximum absolute atomic E-state index is 13.2. The lowest BCUT2D eigenvalue weighted by Gasteiger charge is -2.35. The number of carbonyl (C=O) groups is 1. The molecule has 0 saturated carbocycles. The summed E-state index contributed by atoms with van der Waals surface area (Å²) >= 11 is 0. The van der Waals surface area contributed by atoms with Gasteiger partial charge in [0, 0.05) is 30.6 Å². The molecule has 3 aromatic heterocycles. The largest absolute Gasteiger partial charge is 0.361 e. The molecule has 0 spiro atoms. The van der Waals surface area contributed by atoms with Crippen LogP contribution < -0.4 is 5.46 Å². The van der Waals surface area contributed by atoms with Gasteiger partial charge in [0.1, 0.15) is 13.6 Å². The molecule has 1 atom stereocenters. The van der Waals surface area contributed by atoms with E-state index < -0.39 is 0 Å². The predicted molar refractivity (Wildman–Crippen MR) is 116 cm³/mol. The van der Waals surface area contributed by atoms with E-state index in [9.17, 15) is 4.79 Å². The molecule has 4 heterocycles. The van der Waals surface area contributed by atoms with Crippen molar-refractivity contribution in [3.63, 3.8) is 0 Å². The highest BCUT2D eigenvalue weighted by molar-refractivity contribution is 6.31. The van der Waals surface area contributed by atoms with E-state index in [1.807, 2.05) is 32.8 Å². The lowest BCUT2D eigenvalue weighted by molar-refractivity contribution is 0.0671. The molecule has 0 aliphatic carbocycles. The molecule has 30 heavy (non-hydrogen) atoms. The van der Waals surface area contributed by atoms with E-state index in [0.29, 0.717) is 17.9 Å². The fourth-order valence-electron chi connectivity index (χ4n) is 4.38. The van der Waals surface area contributed by atoms with Crippen LogP contribution in [0.3, 0.4) is 0 Å². The zero-order valence-corrected chi connectivity index (χ0v) is 17.5. The Morgan fingerprint density at radius 3 is 2.87 bits per heavy atom. The molecule has 1 aliphatic rings. The second-order valence-corrected chi connectivity index (χ2v) is 8.00. The summed E-state index contributed by atoms with van der Waals surface area (Å²) < 4.78 is 7.00. The first-order valence-corrected chi connectivity index (χ1v) is 10.1. The highest BCUT2D eigenvalue weighted by atomic mass is 16.5. The average Bonchev–Trinajstić information content (AvgIpc) is 3.30.